The van der Waals surface area contributed by atoms with Crippen LogP contribution < -0.4 is 10.6 Å². The van der Waals surface area contributed by atoms with E-state index in [0.29, 0.717) is 11.3 Å². The average Bonchev–Trinajstić information content (AvgIpc) is 3.33. The van der Waals surface area contributed by atoms with Crippen LogP contribution in [0.1, 0.15) is 12.5 Å². The van der Waals surface area contributed by atoms with Crippen LogP contribution in [0.4, 0.5) is 14.9 Å². The fourth-order valence-electron chi connectivity index (χ4n) is 3.23. The van der Waals surface area contributed by atoms with E-state index in [9.17, 15) is 18.8 Å². The van der Waals surface area contributed by atoms with Gasteiger partial charge in [-0.25, -0.2) is 14.2 Å². The maximum atomic E-state index is 13.2. The Balaban J connectivity index is 1.43. The third-order valence-electron chi connectivity index (χ3n) is 4.85. The standard InChI is InChI=1S/C21H17FN4O3S/c1-21(14-4-6-15(22)7-5-14)19(28)26(20(29)25-21)12-17(27)24-16-8-2-13(3-9-16)18-23-10-11-30-18/h2-11H,12H2,1H3,(H,24,27)(H,25,29). The summed E-state index contributed by atoms with van der Waals surface area (Å²) in [6.07, 6.45) is 1.72. The van der Waals surface area contributed by atoms with E-state index < -0.39 is 35.7 Å². The van der Waals surface area contributed by atoms with E-state index in [1.54, 1.807) is 18.3 Å². The highest BCUT2D eigenvalue weighted by atomic mass is 32.1. The second-order valence-corrected chi connectivity index (χ2v) is 7.81. The van der Waals surface area contributed by atoms with E-state index in [1.807, 2.05) is 17.5 Å². The minimum absolute atomic E-state index is 0.433. The zero-order valence-corrected chi connectivity index (χ0v) is 16.7. The molecule has 9 heteroatoms. The van der Waals surface area contributed by atoms with E-state index >= 15 is 0 Å². The number of carbonyl (C=O) groups excluding carboxylic acids is 3. The molecule has 7 nitrogen and oxygen atoms in total. The average molecular weight is 424 g/mol. The summed E-state index contributed by atoms with van der Waals surface area (Å²) in [5, 5.41) is 8.01. The van der Waals surface area contributed by atoms with Crippen LogP contribution in [-0.4, -0.2) is 34.3 Å². The summed E-state index contributed by atoms with van der Waals surface area (Å²) in [5.41, 5.74) is 0.532. The van der Waals surface area contributed by atoms with Crippen molar-refractivity contribution in [1.29, 1.82) is 0 Å². The zero-order chi connectivity index (χ0) is 21.3. The van der Waals surface area contributed by atoms with Crippen molar-refractivity contribution in [2.24, 2.45) is 0 Å². The highest BCUT2D eigenvalue weighted by Gasteiger charge is 2.49. The molecule has 4 rings (SSSR count). The monoisotopic (exact) mass is 424 g/mol. The second-order valence-electron chi connectivity index (χ2n) is 6.92. The SMILES string of the molecule is CC1(c2ccc(F)cc2)NC(=O)N(CC(=O)Nc2ccc(-c3nccs3)cc2)C1=O. The first-order chi connectivity index (χ1) is 14.4. The third-order valence-corrected chi connectivity index (χ3v) is 5.67. The first kappa shape index (κ1) is 19.7. The molecule has 1 aliphatic heterocycles. The highest BCUT2D eigenvalue weighted by Crippen LogP contribution is 2.29. The van der Waals surface area contributed by atoms with Crippen LogP contribution in [0.15, 0.2) is 60.1 Å². The summed E-state index contributed by atoms with van der Waals surface area (Å²) < 4.78 is 13.2. The Morgan fingerprint density at radius 2 is 1.87 bits per heavy atom. The lowest BCUT2D eigenvalue weighted by molar-refractivity contribution is -0.133. The molecule has 152 valence electrons. The molecule has 2 heterocycles. The zero-order valence-electron chi connectivity index (χ0n) is 15.9. The lowest BCUT2D eigenvalue weighted by Gasteiger charge is -2.22. The Labute approximate surface area is 175 Å². The number of halogens is 1. The van der Waals surface area contributed by atoms with E-state index in [4.69, 9.17) is 0 Å². The number of rotatable bonds is 5. The van der Waals surface area contributed by atoms with Gasteiger partial charge in [0.15, 0.2) is 0 Å². The maximum absolute atomic E-state index is 13.2. The van der Waals surface area contributed by atoms with Crippen molar-refractivity contribution in [2.45, 2.75) is 12.5 Å². The Kier molecular flexibility index (Phi) is 5.04. The van der Waals surface area contributed by atoms with Gasteiger partial charge in [0.1, 0.15) is 22.9 Å². The number of hydrogen-bond donors (Lipinski definition) is 2. The van der Waals surface area contributed by atoms with Gasteiger partial charge in [-0.2, -0.15) is 0 Å². The minimum Gasteiger partial charge on any atom is -0.325 e. The molecule has 0 saturated carbocycles. The smallest absolute Gasteiger partial charge is 0.325 e. The van der Waals surface area contributed by atoms with Gasteiger partial charge in [-0.05, 0) is 48.9 Å². The number of nitrogens with zero attached hydrogens (tertiary/aromatic N) is 2. The first-order valence-corrected chi connectivity index (χ1v) is 9.95. The van der Waals surface area contributed by atoms with Crippen LogP contribution in [0.3, 0.4) is 0 Å². The summed E-state index contributed by atoms with van der Waals surface area (Å²) in [6, 6.07) is 11.7. The summed E-state index contributed by atoms with van der Waals surface area (Å²) >= 11 is 1.51. The van der Waals surface area contributed by atoms with Crippen LogP contribution in [0.2, 0.25) is 0 Å². The molecule has 1 fully saturated rings. The van der Waals surface area contributed by atoms with Gasteiger partial charge in [0.2, 0.25) is 5.91 Å². The summed E-state index contributed by atoms with van der Waals surface area (Å²) in [4.78, 5) is 42.7. The molecule has 30 heavy (non-hydrogen) atoms. The van der Waals surface area contributed by atoms with Crippen molar-refractivity contribution in [2.75, 3.05) is 11.9 Å². The molecule has 0 spiro atoms. The van der Waals surface area contributed by atoms with Crippen molar-refractivity contribution in [3.05, 3.63) is 71.5 Å². The Bertz CT molecular complexity index is 1100. The number of thiazole rings is 1. The largest absolute Gasteiger partial charge is 0.325 e. The van der Waals surface area contributed by atoms with E-state index in [0.717, 1.165) is 15.5 Å². The molecule has 0 aliphatic carbocycles. The number of benzene rings is 2. The van der Waals surface area contributed by atoms with E-state index in [1.165, 1.54) is 42.5 Å². The Morgan fingerprint density at radius 3 is 2.50 bits per heavy atom. The lowest BCUT2D eigenvalue weighted by atomic mass is 9.92. The summed E-state index contributed by atoms with van der Waals surface area (Å²) in [6.45, 7) is 1.09. The van der Waals surface area contributed by atoms with Gasteiger partial charge in [0.25, 0.3) is 5.91 Å². The second kappa shape index (κ2) is 7.68. The minimum atomic E-state index is -1.36. The van der Waals surface area contributed by atoms with Gasteiger partial charge in [0, 0.05) is 22.8 Å². The molecule has 3 aromatic rings. The van der Waals surface area contributed by atoms with Crippen molar-refractivity contribution in [3.63, 3.8) is 0 Å². The van der Waals surface area contributed by atoms with Crippen LogP contribution in [-0.2, 0) is 15.1 Å². The molecule has 4 amide bonds. The van der Waals surface area contributed by atoms with Crippen molar-refractivity contribution in [3.8, 4) is 10.6 Å². The molecular weight excluding hydrogens is 407 g/mol. The number of imide groups is 1. The van der Waals surface area contributed by atoms with Crippen LogP contribution >= 0.6 is 11.3 Å². The molecule has 1 saturated heterocycles. The van der Waals surface area contributed by atoms with Crippen LogP contribution in [0.25, 0.3) is 10.6 Å². The molecule has 1 aromatic heterocycles. The van der Waals surface area contributed by atoms with E-state index in [-0.39, 0.29) is 0 Å². The number of aromatic nitrogens is 1. The fraction of sp³-hybridized carbons (Fsp3) is 0.143. The van der Waals surface area contributed by atoms with Crippen molar-refractivity contribution < 1.29 is 18.8 Å². The van der Waals surface area contributed by atoms with Crippen LogP contribution in [0, 0.1) is 5.82 Å². The van der Waals surface area contributed by atoms with Gasteiger partial charge in [-0.15, -0.1) is 11.3 Å². The predicted octanol–water partition coefficient (Wildman–Crippen LogP) is 3.35. The molecular formula is C21H17FN4O3S. The van der Waals surface area contributed by atoms with Crippen molar-refractivity contribution >= 4 is 34.9 Å². The molecule has 2 aromatic carbocycles. The van der Waals surface area contributed by atoms with E-state index in [2.05, 4.69) is 15.6 Å². The number of urea groups is 1. The number of amides is 4. The third kappa shape index (κ3) is 3.67. The van der Waals surface area contributed by atoms with Gasteiger partial charge in [-0.1, -0.05) is 12.1 Å². The van der Waals surface area contributed by atoms with Gasteiger partial charge in [-0.3, -0.25) is 14.5 Å². The number of anilines is 1. The van der Waals surface area contributed by atoms with Gasteiger partial charge < -0.3 is 10.6 Å². The lowest BCUT2D eigenvalue weighted by Crippen LogP contribution is -2.42. The normalized spacial score (nSPS) is 18.4. The fourth-order valence-corrected chi connectivity index (χ4v) is 3.87. The topological polar surface area (TPSA) is 91.4 Å². The quantitative estimate of drug-likeness (QED) is 0.615. The summed E-state index contributed by atoms with van der Waals surface area (Å²) in [5.74, 6) is -1.53. The highest BCUT2D eigenvalue weighted by molar-refractivity contribution is 7.13. The Hall–Kier alpha value is -3.59. The van der Waals surface area contributed by atoms with Crippen LogP contribution in [0.5, 0.6) is 0 Å². The maximum Gasteiger partial charge on any atom is 0.325 e. The first-order valence-electron chi connectivity index (χ1n) is 9.07. The summed E-state index contributed by atoms with van der Waals surface area (Å²) in [7, 11) is 0. The molecule has 1 atom stereocenters. The van der Waals surface area contributed by atoms with Gasteiger partial charge >= 0.3 is 6.03 Å². The van der Waals surface area contributed by atoms with Crippen molar-refractivity contribution in [1.82, 2.24) is 15.2 Å². The predicted molar refractivity (Wildman–Crippen MR) is 110 cm³/mol. The molecule has 2 N–H and O–H groups in total. The molecule has 0 radical (unpaired) electrons. The molecule has 0 bridgehead atoms. The number of nitrogens with one attached hydrogen (secondary N) is 2. The van der Waals surface area contributed by atoms with Gasteiger partial charge in [0.05, 0.1) is 0 Å². The number of carbonyl (C=O) groups is 3. The molecule has 1 aliphatic rings. The molecule has 1 unspecified atom stereocenters. The number of hydrogen-bond acceptors (Lipinski definition) is 5. The Morgan fingerprint density at radius 1 is 1.17 bits per heavy atom.